The molecule has 33 heavy (non-hydrogen) atoms. The van der Waals surface area contributed by atoms with Gasteiger partial charge >= 0.3 is 0 Å². The van der Waals surface area contributed by atoms with Gasteiger partial charge in [0, 0.05) is 38.6 Å². The van der Waals surface area contributed by atoms with E-state index in [1.807, 2.05) is 34.8 Å². The number of carbonyl (C=O) groups is 1. The summed E-state index contributed by atoms with van der Waals surface area (Å²) < 4.78 is 1.84. The Hall–Kier alpha value is -2.88. The first-order valence-corrected chi connectivity index (χ1v) is 11.2. The van der Waals surface area contributed by atoms with Crippen molar-refractivity contribution in [2.45, 2.75) is 26.3 Å². The van der Waals surface area contributed by atoms with E-state index < -0.39 is 0 Å². The lowest BCUT2D eigenvalue weighted by molar-refractivity contribution is -0.130. The van der Waals surface area contributed by atoms with Crippen molar-refractivity contribution in [3.05, 3.63) is 83.7 Å². The van der Waals surface area contributed by atoms with E-state index in [1.54, 1.807) is 6.20 Å². The molecule has 7 nitrogen and oxygen atoms in total. The SMILES string of the molecule is CCNC(=NCC(=O)N1CCc2ccccc2C1)NCCc1ccc(-n2cccn2)cc1.I. The number of nitrogens with one attached hydrogen (secondary N) is 2. The van der Waals surface area contributed by atoms with Crippen molar-refractivity contribution in [1.29, 1.82) is 0 Å². The second kappa shape index (κ2) is 12.4. The van der Waals surface area contributed by atoms with Gasteiger partial charge in [-0.3, -0.25) is 4.79 Å². The average Bonchev–Trinajstić information content (AvgIpc) is 3.37. The van der Waals surface area contributed by atoms with Gasteiger partial charge in [0.15, 0.2) is 5.96 Å². The number of hydrogen-bond donors (Lipinski definition) is 2. The number of amides is 1. The number of aliphatic imine (C=N–C) groups is 1. The summed E-state index contributed by atoms with van der Waals surface area (Å²) in [4.78, 5) is 19.1. The van der Waals surface area contributed by atoms with Crippen LogP contribution in [0.1, 0.15) is 23.6 Å². The Kier molecular flexibility index (Phi) is 9.29. The summed E-state index contributed by atoms with van der Waals surface area (Å²) in [5.74, 6) is 0.734. The molecule has 2 N–H and O–H groups in total. The summed E-state index contributed by atoms with van der Waals surface area (Å²) in [6.45, 7) is 5.07. The summed E-state index contributed by atoms with van der Waals surface area (Å²) >= 11 is 0. The minimum atomic E-state index is 0. The second-order valence-electron chi connectivity index (χ2n) is 7.82. The van der Waals surface area contributed by atoms with E-state index in [9.17, 15) is 4.79 Å². The van der Waals surface area contributed by atoms with E-state index in [1.165, 1.54) is 16.7 Å². The molecule has 0 atom stereocenters. The lowest BCUT2D eigenvalue weighted by Gasteiger charge is -2.28. The van der Waals surface area contributed by atoms with Crippen molar-refractivity contribution >= 4 is 35.8 Å². The van der Waals surface area contributed by atoms with Crippen LogP contribution in [0.25, 0.3) is 5.69 Å². The first kappa shape index (κ1) is 24.8. The molecule has 0 saturated carbocycles. The zero-order valence-corrected chi connectivity index (χ0v) is 21.2. The molecule has 0 saturated heterocycles. The van der Waals surface area contributed by atoms with Crippen LogP contribution in [0, 0.1) is 0 Å². The summed E-state index contributed by atoms with van der Waals surface area (Å²) in [6.07, 6.45) is 5.47. The highest BCUT2D eigenvalue weighted by atomic mass is 127. The van der Waals surface area contributed by atoms with Gasteiger partial charge in [-0.15, -0.1) is 24.0 Å². The minimum Gasteiger partial charge on any atom is -0.357 e. The fraction of sp³-hybridized carbons (Fsp3) is 0.320. The van der Waals surface area contributed by atoms with E-state index in [0.717, 1.165) is 38.2 Å². The van der Waals surface area contributed by atoms with Gasteiger partial charge in [-0.25, -0.2) is 9.67 Å². The third-order valence-corrected chi connectivity index (χ3v) is 5.61. The van der Waals surface area contributed by atoms with Crippen LogP contribution >= 0.6 is 24.0 Å². The Bertz CT molecular complexity index is 1050. The molecule has 4 rings (SSSR count). The average molecular weight is 558 g/mol. The maximum Gasteiger partial charge on any atom is 0.244 e. The van der Waals surface area contributed by atoms with Crippen molar-refractivity contribution in [1.82, 2.24) is 25.3 Å². The van der Waals surface area contributed by atoms with Crippen LogP contribution in [0.5, 0.6) is 0 Å². The topological polar surface area (TPSA) is 74.6 Å². The van der Waals surface area contributed by atoms with Gasteiger partial charge in [0.05, 0.1) is 5.69 Å². The van der Waals surface area contributed by atoms with Crippen molar-refractivity contribution in [2.24, 2.45) is 4.99 Å². The molecule has 0 fully saturated rings. The van der Waals surface area contributed by atoms with Crippen LogP contribution < -0.4 is 10.6 Å². The molecule has 2 heterocycles. The molecule has 1 aliphatic rings. The fourth-order valence-corrected chi connectivity index (χ4v) is 3.86. The highest BCUT2D eigenvalue weighted by molar-refractivity contribution is 14.0. The standard InChI is InChI=1S/C25H30N6O.HI/c1-2-26-25(27-15-12-20-8-10-23(11-9-20)31-16-5-14-29-31)28-18-24(32)30-17-13-21-6-3-4-7-22(21)19-30;/h3-11,14,16H,2,12-13,15,17-19H2,1H3,(H2,26,27,28);1H. The van der Waals surface area contributed by atoms with E-state index in [2.05, 4.69) is 63.2 Å². The van der Waals surface area contributed by atoms with Gasteiger partial charge in [-0.05, 0) is 54.7 Å². The van der Waals surface area contributed by atoms with Gasteiger partial charge in [0.1, 0.15) is 6.54 Å². The molecule has 0 radical (unpaired) electrons. The van der Waals surface area contributed by atoms with Gasteiger partial charge in [0.25, 0.3) is 0 Å². The Morgan fingerprint density at radius 3 is 2.58 bits per heavy atom. The van der Waals surface area contributed by atoms with Crippen LogP contribution in [0.4, 0.5) is 0 Å². The van der Waals surface area contributed by atoms with Crippen LogP contribution in [0.15, 0.2) is 72.0 Å². The van der Waals surface area contributed by atoms with Crippen LogP contribution in [-0.2, 0) is 24.2 Å². The smallest absolute Gasteiger partial charge is 0.244 e. The zero-order valence-electron chi connectivity index (χ0n) is 18.9. The van der Waals surface area contributed by atoms with Gasteiger partial charge in [0.2, 0.25) is 5.91 Å². The summed E-state index contributed by atoms with van der Waals surface area (Å²) in [5, 5.41) is 10.8. The molecule has 0 spiro atoms. The zero-order chi connectivity index (χ0) is 22.2. The normalized spacial score (nSPS) is 13.1. The predicted molar refractivity (Wildman–Crippen MR) is 142 cm³/mol. The molecule has 2 aromatic carbocycles. The molecule has 1 aliphatic heterocycles. The number of fused-ring (bicyclic) bond motifs is 1. The molecule has 1 aromatic heterocycles. The summed E-state index contributed by atoms with van der Waals surface area (Å²) in [5.41, 5.74) is 4.85. The van der Waals surface area contributed by atoms with E-state index in [-0.39, 0.29) is 36.4 Å². The third kappa shape index (κ3) is 6.80. The monoisotopic (exact) mass is 558 g/mol. The highest BCUT2D eigenvalue weighted by Gasteiger charge is 2.19. The highest BCUT2D eigenvalue weighted by Crippen LogP contribution is 2.18. The van der Waals surface area contributed by atoms with Crippen LogP contribution in [-0.4, -0.2) is 52.7 Å². The fourth-order valence-electron chi connectivity index (χ4n) is 3.86. The lowest BCUT2D eigenvalue weighted by Crippen LogP contribution is -2.41. The maximum absolute atomic E-state index is 12.7. The Labute approximate surface area is 212 Å². The van der Waals surface area contributed by atoms with E-state index in [4.69, 9.17) is 0 Å². The molecule has 0 aliphatic carbocycles. The third-order valence-electron chi connectivity index (χ3n) is 5.61. The molecule has 174 valence electrons. The Morgan fingerprint density at radius 1 is 1.06 bits per heavy atom. The first-order chi connectivity index (χ1) is 15.7. The Morgan fingerprint density at radius 2 is 1.85 bits per heavy atom. The van der Waals surface area contributed by atoms with Crippen molar-refractivity contribution < 1.29 is 4.79 Å². The molecule has 0 unspecified atom stereocenters. The first-order valence-electron chi connectivity index (χ1n) is 11.2. The van der Waals surface area contributed by atoms with Crippen molar-refractivity contribution in [3.8, 4) is 5.69 Å². The number of rotatable bonds is 7. The Balaban J connectivity index is 0.00000306. The number of hydrogen-bond acceptors (Lipinski definition) is 3. The van der Waals surface area contributed by atoms with E-state index in [0.29, 0.717) is 12.5 Å². The quantitative estimate of drug-likeness (QED) is 0.266. The number of benzene rings is 2. The number of nitrogens with zero attached hydrogens (tertiary/aromatic N) is 4. The number of guanidine groups is 1. The molecular formula is C25H31IN6O. The molecule has 0 bridgehead atoms. The molecule has 8 heteroatoms. The summed E-state index contributed by atoms with van der Waals surface area (Å²) in [7, 11) is 0. The second-order valence-corrected chi connectivity index (χ2v) is 7.82. The molecule has 1 amide bonds. The summed E-state index contributed by atoms with van der Waals surface area (Å²) in [6, 6.07) is 18.6. The van der Waals surface area contributed by atoms with Gasteiger partial charge in [-0.1, -0.05) is 36.4 Å². The van der Waals surface area contributed by atoms with Crippen LogP contribution in [0.3, 0.4) is 0 Å². The number of carbonyl (C=O) groups excluding carboxylic acids is 1. The van der Waals surface area contributed by atoms with Crippen molar-refractivity contribution in [3.63, 3.8) is 0 Å². The van der Waals surface area contributed by atoms with Crippen molar-refractivity contribution in [2.75, 3.05) is 26.2 Å². The molecule has 3 aromatic rings. The molecular weight excluding hydrogens is 527 g/mol. The van der Waals surface area contributed by atoms with Crippen LogP contribution in [0.2, 0.25) is 0 Å². The lowest BCUT2D eigenvalue weighted by atomic mass is 10.00. The largest absolute Gasteiger partial charge is 0.357 e. The number of aromatic nitrogens is 2. The number of halogens is 1. The van der Waals surface area contributed by atoms with E-state index >= 15 is 0 Å². The van der Waals surface area contributed by atoms with Gasteiger partial charge < -0.3 is 15.5 Å². The maximum atomic E-state index is 12.7. The van der Waals surface area contributed by atoms with Gasteiger partial charge in [-0.2, -0.15) is 5.10 Å². The minimum absolute atomic E-state index is 0. The predicted octanol–water partition coefficient (Wildman–Crippen LogP) is 3.17.